The molecule has 7 rings (SSSR count). The summed E-state index contributed by atoms with van der Waals surface area (Å²) in [6.45, 7) is 3.86. The Morgan fingerprint density at radius 3 is 2.63 bits per heavy atom. The fourth-order valence-corrected chi connectivity index (χ4v) is 6.52. The number of hydrogen-bond donors (Lipinski definition) is 2. The van der Waals surface area contributed by atoms with Gasteiger partial charge in [-0.3, -0.25) is 19.6 Å². The van der Waals surface area contributed by atoms with Gasteiger partial charge in [0.05, 0.1) is 29.7 Å². The van der Waals surface area contributed by atoms with Gasteiger partial charge in [-0.2, -0.15) is 0 Å². The summed E-state index contributed by atoms with van der Waals surface area (Å²) in [6.07, 6.45) is 10.1. The Hall–Kier alpha value is -6.04. The Bertz CT molecular complexity index is 2100. The van der Waals surface area contributed by atoms with Crippen LogP contribution in [0.3, 0.4) is 0 Å². The summed E-state index contributed by atoms with van der Waals surface area (Å²) < 4.78 is 7.96. The van der Waals surface area contributed by atoms with E-state index < -0.39 is 6.03 Å². The van der Waals surface area contributed by atoms with Crippen molar-refractivity contribution in [3.63, 3.8) is 0 Å². The number of carbonyl (C=O) groups excluding carboxylic acids is 3. The molecule has 12 nitrogen and oxygen atoms in total. The van der Waals surface area contributed by atoms with Crippen LogP contribution in [-0.4, -0.2) is 62.3 Å². The summed E-state index contributed by atoms with van der Waals surface area (Å²) in [4.78, 5) is 56.6. The van der Waals surface area contributed by atoms with E-state index in [4.69, 9.17) is 4.74 Å². The average Bonchev–Trinajstić information content (AvgIpc) is 3.59. The predicted octanol–water partition coefficient (Wildman–Crippen LogP) is 5.81. The first-order valence-electron chi connectivity index (χ1n) is 16.2. The molecular weight excluding hydrogens is 620 g/mol. The summed E-state index contributed by atoms with van der Waals surface area (Å²) in [5.74, 6) is 0.396. The van der Waals surface area contributed by atoms with Crippen LogP contribution in [0.2, 0.25) is 0 Å². The molecule has 12 heteroatoms. The minimum Gasteiger partial charge on any atom is -0.452 e. The van der Waals surface area contributed by atoms with E-state index in [1.54, 1.807) is 59.9 Å². The molecule has 0 spiro atoms. The van der Waals surface area contributed by atoms with Crippen molar-refractivity contribution in [2.45, 2.75) is 26.3 Å². The van der Waals surface area contributed by atoms with Gasteiger partial charge < -0.3 is 29.7 Å². The number of pyridine rings is 3. The van der Waals surface area contributed by atoms with E-state index in [9.17, 15) is 14.4 Å². The highest BCUT2D eigenvalue weighted by Crippen LogP contribution is 2.37. The number of carbonyl (C=O) groups is 3. The number of urea groups is 1. The summed E-state index contributed by atoms with van der Waals surface area (Å²) >= 11 is 0. The van der Waals surface area contributed by atoms with Crippen LogP contribution in [0.15, 0.2) is 85.1 Å². The largest absolute Gasteiger partial charge is 0.452 e. The van der Waals surface area contributed by atoms with E-state index in [0.29, 0.717) is 42.3 Å². The minimum absolute atomic E-state index is 0.0652. The highest BCUT2D eigenvalue weighted by Gasteiger charge is 2.31. The number of ether oxygens (including phenoxy) is 1. The van der Waals surface area contributed by atoms with Crippen LogP contribution < -0.4 is 20.3 Å². The summed E-state index contributed by atoms with van der Waals surface area (Å²) in [5, 5.41) is 6.38. The van der Waals surface area contributed by atoms with Crippen molar-refractivity contribution in [1.29, 1.82) is 0 Å². The van der Waals surface area contributed by atoms with Crippen molar-refractivity contribution in [2.24, 2.45) is 13.0 Å². The molecule has 4 aromatic heterocycles. The molecule has 1 fully saturated rings. The molecule has 3 amide bonds. The molecule has 0 atom stereocenters. The summed E-state index contributed by atoms with van der Waals surface area (Å²) in [6, 6.07) is 15.8. The van der Waals surface area contributed by atoms with Crippen LogP contribution in [0.4, 0.5) is 21.9 Å². The van der Waals surface area contributed by atoms with Gasteiger partial charge in [-0.05, 0) is 74.4 Å². The molecule has 248 valence electrons. The Labute approximate surface area is 283 Å². The fourth-order valence-electron chi connectivity index (χ4n) is 6.52. The molecule has 0 radical (unpaired) electrons. The first-order valence-corrected chi connectivity index (χ1v) is 16.2. The minimum atomic E-state index is -0.453. The van der Waals surface area contributed by atoms with E-state index >= 15 is 0 Å². The van der Waals surface area contributed by atoms with Gasteiger partial charge in [0, 0.05) is 79.7 Å². The summed E-state index contributed by atoms with van der Waals surface area (Å²) in [7, 11) is 3.77. The van der Waals surface area contributed by atoms with E-state index in [0.717, 1.165) is 46.5 Å². The van der Waals surface area contributed by atoms with Gasteiger partial charge in [-0.25, -0.2) is 9.78 Å². The second kappa shape index (κ2) is 13.2. The third-order valence-corrected chi connectivity index (χ3v) is 8.90. The average molecular weight is 657 g/mol. The molecule has 2 aliphatic rings. The number of fused-ring (bicyclic) bond motifs is 2. The quantitative estimate of drug-likeness (QED) is 0.210. The Morgan fingerprint density at radius 1 is 1.04 bits per heavy atom. The van der Waals surface area contributed by atoms with Crippen molar-refractivity contribution >= 4 is 51.9 Å². The van der Waals surface area contributed by atoms with Gasteiger partial charge >= 0.3 is 6.03 Å². The lowest BCUT2D eigenvalue weighted by Crippen LogP contribution is -2.41. The van der Waals surface area contributed by atoms with Gasteiger partial charge in [-0.15, -0.1) is 0 Å². The third kappa shape index (κ3) is 6.57. The Morgan fingerprint density at radius 2 is 1.86 bits per heavy atom. The maximum atomic E-state index is 13.5. The third-order valence-electron chi connectivity index (χ3n) is 8.90. The number of piperidine rings is 1. The number of nitrogens with zero attached hydrogens (tertiary/aromatic N) is 6. The molecule has 5 aromatic rings. The normalized spacial score (nSPS) is 15.3. The molecule has 0 unspecified atom stereocenters. The number of allylic oxidation sites excluding steroid dienone is 1. The van der Waals surface area contributed by atoms with Crippen molar-refractivity contribution < 1.29 is 19.1 Å². The van der Waals surface area contributed by atoms with E-state index in [2.05, 4.69) is 30.5 Å². The topological polar surface area (TPSA) is 135 Å². The molecule has 0 saturated carbocycles. The Kier molecular flexibility index (Phi) is 8.52. The van der Waals surface area contributed by atoms with Crippen LogP contribution in [0.5, 0.6) is 5.75 Å². The van der Waals surface area contributed by atoms with Crippen molar-refractivity contribution in [2.75, 3.05) is 35.7 Å². The van der Waals surface area contributed by atoms with Gasteiger partial charge in [-0.1, -0.05) is 6.07 Å². The SMILES string of the molecule is Cc1cccc(CN(C)C(=O)C2CCN(c3ccnc4c3c(/C=C3\Oc5ccc(NC(=O)Nc6cccnc6)cc5C3=O)cn4C)CC2)n1. The number of aromatic nitrogens is 4. The number of anilines is 3. The second-order valence-corrected chi connectivity index (χ2v) is 12.4. The number of amides is 3. The maximum absolute atomic E-state index is 13.5. The number of rotatable bonds is 7. The first kappa shape index (κ1) is 31.6. The molecule has 0 aliphatic carbocycles. The van der Waals surface area contributed by atoms with Crippen molar-refractivity contribution in [3.05, 3.63) is 108 Å². The highest BCUT2D eigenvalue weighted by atomic mass is 16.5. The lowest BCUT2D eigenvalue weighted by Gasteiger charge is -2.35. The fraction of sp³-hybridized carbons (Fsp3) is 0.243. The summed E-state index contributed by atoms with van der Waals surface area (Å²) in [5.41, 5.74) is 5.75. The molecule has 49 heavy (non-hydrogen) atoms. The monoisotopic (exact) mass is 656 g/mol. The number of aryl methyl sites for hydroxylation is 2. The van der Waals surface area contributed by atoms with Crippen LogP contribution in [0.25, 0.3) is 17.1 Å². The standard InChI is InChI=1S/C37H36N8O4/c1-23-6-4-7-28(40-23)22-44(3)36(47)24-12-16-45(17-13-24)30-11-15-39-35-33(30)25(21-43(35)2)18-32-34(46)29-19-26(9-10-31(29)49-32)41-37(48)42-27-8-5-14-38-20-27/h4-11,14-15,18-21,24H,12-13,16-17,22H2,1-3H3,(H2,41,42,48)/b32-18-. The van der Waals surface area contributed by atoms with Gasteiger partial charge in [0.2, 0.25) is 11.7 Å². The first-order chi connectivity index (χ1) is 23.7. The smallest absolute Gasteiger partial charge is 0.323 e. The number of benzene rings is 1. The van der Waals surface area contributed by atoms with Crippen molar-refractivity contribution in [3.8, 4) is 5.75 Å². The predicted molar refractivity (Wildman–Crippen MR) is 187 cm³/mol. The number of ketones is 1. The van der Waals surface area contributed by atoms with E-state index in [1.807, 2.05) is 56.0 Å². The number of Topliss-reactive ketones (excluding diaryl/α,β-unsaturated/α-hetero) is 1. The van der Waals surface area contributed by atoms with Gasteiger partial charge in [0.25, 0.3) is 0 Å². The molecule has 1 saturated heterocycles. The Balaban J connectivity index is 1.06. The zero-order valence-electron chi connectivity index (χ0n) is 27.5. The van der Waals surface area contributed by atoms with Crippen molar-refractivity contribution in [1.82, 2.24) is 24.4 Å². The van der Waals surface area contributed by atoms with E-state index in [-0.39, 0.29) is 23.4 Å². The van der Waals surface area contributed by atoms with Crippen LogP contribution in [0.1, 0.15) is 40.2 Å². The maximum Gasteiger partial charge on any atom is 0.323 e. The number of hydrogen-bond acceptors (Lipinski definition) is 8. The highest BCUT2D eigenvalue weighted by molar-refractivity contribution is 6.16. The molecule has 6 heterocycles. The van der Waals surface area contributed by atoms with Crippen LogP contribution in [-0.2, 0) is 18.4 Å². The number of nitrogens with one attached hydrogen (secondary N) is 2. The zero-order valence-corrected chi connectivity index (χ0v) is 27.5. The molecule has 1 aromatic carbocycles. The second-order valence-electron chi connectivity index (χ2n) is 12.4. The van der Waals surface area contributed by atoms with Crippen LogP contribution in [0, 0.1) is 12.8 Å². The molecule has 2 N–H and O–H groups in total. The lowest BCUT2D eigenvalue weighted by molar-refractivity contribution is -0.135. The molecule has 2 aliphatic heterocycles. The van der Waals surface area contributed by atoms with Gasteiger partial charge in [0.15, 0.2) is 5.76 Å². The zero-order chi connectivity index (χ0) is 34.1. The van der Waals surface area contributed by atoms with Crippen LogP contribution >= 0.6 is 0 Å². The van der Waals surface area contributed by atoms with Gasteiger partial charge in [0.1, 0.15) is 11.4 Å². The van der Waals surface area contributed by atoms with E-state index in [1.165, 1.54) is 0 Å². The lowest BCUT2D eigenvalue weighted by atomic mass is 9.94. The molecule has 0 bridgehead atoms. The molecular formula is C37H36N8O4.